The predicted octanol–water partition coefficient (Wildman–Crippen LogP) is -0.432. The molecule has 1 atom stereocenters. The van der Waals surface area contributed by atoms with E-state index in [9.17, 15) is 0 Å². The lowest BCUT2D eigenvalue weighted by molar-refractivity contribution is -0.932. The van der Waals surface area contributed by atoms with Gasteiger partial charge in [0.25, 0.3) is 0 Å². The van der Waals surface area contributed by atoms with E-state index in [2.05, 4.69) is 49.1 Å². The van der Waals surface area contributed by atoms with E-state index in [-0.39, 0.29) is 29.6 Å². The summed E-state index contributed by atoms with van der Waals surface area (Å²) in [6.07, 6.45) is 4.74. The molecular weight excluding hydrogens is 413 g/mol. The molecule has 0 radical (unpaired) electrons. The first-order chi connectivity index (χ1) is 11.1. The van der Waals surface area contributed by atoms with Gasteiger partial charge in [-0.1, -0.05) is 18.2 Å². The molecule has 128 valence electrons. The van der Waals surface area contributed by atoms with Crippen LogP contribution in [0.4, 0.5) is 0 Å². The van der Waals surface area contributed by atoms with Gasteiger partial charge < -0.3 is 37.8 Å². The average Bonchev–Trinajstić information content (AvgIpc) is 3.10. The van der Waals surface area contributed by atoms with Crippen molar-refractivity contribution in [2.24, 2.45) is 18.0 Å². The second-order valence-electron chi connectivity index (χ2n) is 7.96. The number of benzene rings is 1. The molecule has 4 nitrogen and oxygen atoms in total. The number of halogens is 1. The highest BCUT2D eigenvalue weighted by atomic mass is 127. The second-order valence-corrected chi connectivity index (χ2v) is 7.96. The van der Waals surface area contributed by atoms with Crippen LogP contribution in [0, 0.1) is 5.92 Å². The van der Waals surface area contributed by atoms with Crippen LogP contribution in [0.5, 0.6) is 0 Å². The first kappa shape index (κ1) is 16.4. The summed E-state index contributed by atoms with van der Waals surface area (Å²) in [4.78, 5) is 4.87. The number of nitrogens with zero attached hydrogens (tertiary/aromatic N) is 3. The molecule has 6 rings (SSSR count). The van der Waals surface area contributed by atoms with E-state index in [0.717, 1.165) is 29.0 Å². The Morgan fingerprint density at radius 2 is 2.00 bits per heavy atom. The molecule has 0 unspecified atom stereocenters. The van der Waals surface area contributed by atoms with Crippen molar-refractivity contribution in [3.63, 3.8) is 0 Å². The highest BCUT2D eigenvalue weighted by Crippen LogP contribution is 2.44. The Balaban J connectivity index is 0.00000146. The largest absolute Gasteiger partial charge is 1.00 e. The number of ether oxygens (including phenoxy) is 1. The Labute approximate surface area is 160 Å². The van der Waals surface area contributed by atoms with Crippen LogP contribution in [0.3, 0.4) is 0 Å². The molecule has 4 aliphatic rings. The number of fused-ring (bicyclic) bond motifs is 3. The van der Waals surface area contributed by atoms with Crippen LogP contribution in [0.15, 0.2) is 35.5 Å². The van der Waals surface area contributed by atoms with Gasteiger partial charge >= 0.3 is 0 Å². The van der Waals surface area contributed by atoms with Crippen LogP contribution < -0.4 is 24.0 Å². The fourth-order valence-electron chi connectivity index (χ4n) is 5.06. The lowest BCUT2D eigenvalue weighted by atomic mass is 9.74. The smallest absolute Gasteiger partial charge is 0.219 e. The average molecular weight is 437 g/mol. The van der Waals surface area contributed by atoms with Gasteiger partial charge in [-0.2, -0.15) is 0 Å². The Kier molecular flexibility index (Phi) is 3.73. The quantitative estimate of drug-likeness (QED) is 0.440. The first-order valence-corrected chi connectivity index (χ1v) is 8.70. The minimum absolute atomic E-state index is 0. The number of aryl methyl sites for hydroxylation is 1. The van der Waals surface area contributed by atoms with E-state index in [1.807, 2.05) is 0 Å². The maximum atomic E-state index is 6.62. The Bertz CT molecular complexity index is 819. The molecule has 0 saturated carbocycles. The molecule has 24 heavy (non-hydrogen) atoms. The monoisotopic (exact) mass is 437 g/mol. The SMILES string of the molecule is Cn1cc(C2=NC[C@@]3(C[N+]4(C)CCC3CC4)O2)c2ccccc21.[I-]. The topological polar surface area (TPSA) is 26.5 Å². The van der Waals surface area contributed by atoms with E-state index in [1.54, 1.807) is 0 Å². The number of rotatable bonds is 1. The molecule has 0 aliphatic carbocycles. The van der Waals surface area contributed by atoms with Crippen molar-refractivity contribution < 1.29 is 33.2 Å². The zero-order chi connectivity index (χ0) is 15.7. The Hall–Kier alpha value is -1.08. The molecule has 5 heteroatoms. The number of piperidine rings is 3. The van der Waals surface area contributed by atoms with Gasteiger partial charge in [-0.3, -0.25) is 0 Å². The molecule has 2 aromatic rings. The molecule has 1 spiro atoms. The van der Waals surface area contributed by atoms with Crippen molar-refractivity contribution in [2.75, 3.05) is 33.2 Å². The lowest BCUT2D eigenvalue weighted by Crippen LogP contribution is -3.00. The lowest BCUT2D eigenvalue weighted by Gasteiger charge is -2.54. The Morgan fingerprint density at radius 1 is 1.25 bits per heavy atom. The van der Waals surface area contributed by atoms with Crippen molar-refractivity contribution in [2.45, 2.75) is 18.4 Å². The Morgan fingerprint density at radius 3 is 2.75 bits per heavy atom. The van der Waals surface area contributed by atoms with Crippen molar-refractivity contribution >= 4 is 16.8 Å². The van der Waals surface area contributed by atoms with Crippen LogP contribution in [-0.2, 0) is 11.8 Å². The third-order valence-electron chi connectivity index (χ3n) is 6.35. The van der Waals surface area contributed by atoms with Crippen molar-refractivity contribution in [3.8, 4) is 0 Å². The number of para-hydroxylation sites is 1. The number of aromatic nitrogens is 1. The van der Waals surface area contributed by atoms with Crippen LogP contribution >= 0.6 is 0 Å². The standard InChI is InChI=1S/C19H24N3O.HI/c1-21-11-16(15-5-3-4-6-17(15)21)18-20-12-19(23-18)13-22(2)9-7-14(19)8-10-22;/h3-6,11,14H,7-10,12-13H2,1-2H3;1H/q+1;/p-1/t14?,19-,22?;/m0./s1. The summed E-state index contributed by atoms with van der Waals surface area (Å²) in [5.41, 5.74) is 2.35. The summed E-state index contributed by atoms with van der Waals surface area (Å²) >= 11 is 0. The normalized spacial score (nSPS) is 34.2. The molecule has 4 aliphatic heterocycles. The van der Waals surface area contributed by atoms with Crippen LogP contribution in [-0.4, -0.2) is 53.8 Å². The number of hydrogen-bond acceptors (Lipinski definition) is 2. The molecule has 0 amide bonds. The van der Waals surface area contributed by atoms with Crippen molar-refractivity contribution in [3.05, 3.63) is 36.0 Å². The third-order valence-corrected chi connectivity index (χ3v) is 6.35. The summed E-state index contributed by atoms with van der Waals surface area (Å²) in [6, 6.07) is 8.51. The van der Waals surface area contributed by atoms with Crippen LogP contribution in [0.1, 0.15) is 18.4 Å². The summed E-state index contributed by atoms with van der Waals surface area (Å²) < 4.78 is 9.95. The molecule has 3 saturated heterocycles. The highest BCUT2D eigenvalue weighted by Gasteiger charge is 2.57. The zero-order valence-electron chi connectivity index (χ0n) is 14.3. The molecule has 0 N–H and O–H groups in total. The van der Waals surface area contributed by atoms with Crippen molar-refractivity contribution in [1.82, 2.24) is 4.57 Å². The van der Waals surface area contributed by atoms with Crippen molar-refractivity contribution in [1.29, 1.82) is 0 Å². The molecule has 1 aromatic carbocycles. The van der Waals surface area contributed by atoms with Gasteiger partial charge in [0, 0.05) is 42.9 Å². The molecule has 2 bridgehead atoms. The van der Waals surface area contributed by atoms with E-state index in [4.69, 9.17) is 9.73 Å². The van der Waals surface area contributed by atoms with E-state index in [1.165, 1.54) is 36.8 Å². The summed E-state index contributed by atoms with van der Waals surface area (Å²) in [7, 11) is 4.48. The van der Waals surface area contributed by atoms with Gasteiger partial charge in [0.2, 0.25) is 5.90 Å². The van der Waals surface area contributed by atoms with Gasteiger partial charge in [-0.05, 0) is 6.07 Å². The van der Waals surface area contributed by atoms with Crippen LogP contribution in [0.25, 0.3) is 10.9 Å². The van der Waals surface area contributed by atoms with Crippen LogP contribution in [0.2, 0.25) is 0 Å². The first-order valence-electron chi connectivity index (χ1n) is 8.70. The summed E-state index contributed by atoms with van der Waals surface area (Å²) in [5.74, 6) is 1.54. The fourth-order valence-corrected chi connectivity index (χ4v) is 5.06. The number of hydrogen-bond donors (Lipinski definition) is 0. The third kappa shape index (κ3) is 2.24. The van der Waals surface area contributed by atoms with E-state index < -0.39 is 0 Å². The highest BCUT2D eigenvalue weighted by molar-refractivity contribution is 6.07. The number of likely N-dealkylation sites (N-methyl/N-ethyl adjacent to an activating group) is 1. The van der Waals surface area contributed by atoms with Gasteiger partial charge in [0.15, 0.2) is 5.60 Å². The maximum absolute atomic E-state index is 6.62. The van der Waals surface area contributed by atoms with Gasteiger partial charge in [0.1, 0.15) is 6.54 Å². The zero-order valence-corrected chi connectivity index (χ0v) is 16.5. The number of aliphatic imine (C=N–C) groups is 1. The summed E-state index contributed by atoms with van der Waals surface area (Å²) in [5, 5.41) is 1.24. The van der Waals surface area contributed by atoms with E-state index in [0.29, 0.717) is 5.92 Å². The predicted molar refractivity (Wildman–Crippen MR) is 91.6 cm³/mol. The minimum atomic E-state index is -0.0441. The van der Waals surface area contributed by atoms with Gasteiger partial charge in [-0.15, -0.1) is 0 Å². The summed E-state index contributed by atoms with van der Waals surface area (Å²) in [6.45, 7) is 4.57. The molecular formula is C19H24IN3O. The van der Waals surface area contributed by atoms with Gasteiger partial charge in [-0.25, -0.2) is 4.99 Å². The van der Waals surface area contributed by atoms with E-state index >= 15 is 0 Å². The minimum Gasteiger partial charge on any atom is -1.00 e. The van der Waals surface area contributed by atoms with Gasteiger partial charge in [0.05, 0.1) is 32.2 Å². The maximum Gasteiger partial charge on any atom is 0.219 e. The second kappa shape index (κ2) is 5.46. The fraction of sp³-hybridized carbons (Fsp3) is 0.526. The molecule has 5 heterocycles. The number of quaternary nitrogens is 1. The molecule has 3 fully saturated rings. The molecule has 1 aromatic heterocycles.